The first-order valence-electron chi connectivity index (χ1n) is 8.59. The van der Waals surface area contributed by atoms with Crippen LogP contribution in [0.15, 0.2) is 83.8 Å². The third-order valence-electron chi connectivity index (χ3n) is 3.77. The van der Waals surface area contributed by atoms with Crippen LogP contribution in [0.2, 0.25) is 5.02 Å². The quantitative estimate of drug-likeness (QED) is 0.402. The summed E-state index contributed by atoms with van der Waals surface area (Å²) in [4.78, 5) is 25.2. The van der Waals surface area contributed by atoms with Crippen molar-refractivity contribution in [3.8, 4) is 5.75 Å². The lowest BCUT2D eigenvalue weighted by Gasteiger charge is -2.09. The number of carbonyl (C=O) groups excluding carboxylic acids is 2. The third-order valence-corrected chi connectivity index (χ3v) is 5.01. The van der Waals surface area contributed by atoms with E-state index >= 15 is 0 Å². The lowest BCUT2D eigenvalue weighted by Crippen LogP contribution is -2.20. The molecule has 0 heterocycles. The minimum atomic E-state index is -0.247. The van der Waals surface area contributed by atoms with Crippen molar-refractivity contribution >= 4 is 40.7 Å². The highest BCUT2D eigenvalue weighted by atomic mass is 35.5. The molecule has 0 spiro atoms. The van der Waals surface area contributed by atoms with E-state index in [2.05, 4.69) is 5.32 Å². The predicted octanol–water partition coefficient (Wildman–Crippen LogP) is 5.33. The Morgan fingerprint density at radius 1 is 0.929 bits per heavy atom. The first-order valence-corrected chi connectivity index (χ1v) is 9.96. The van der Waals surface area contributed by atoms with E-state index in [1.807, 2.05) is 36.4 Å². The Bertz CT molecular complexity index is 946. The molecule has 3 aromatic carbocycles. The van der Waals surface area contributed by atoms with Gasteiger partial charge in [-0.1, -0.05) is 35.9 Å². The van der Waals surface area contributed by atoms with Gasteiger partial charge in [-0.05, 0) is 54.6 Å². The molecule has 0 fully saturated rings. The van der Waals surface area contributed by atoms with Crippen LogP contribution in [0.25, 0.3) is 0 Å². The number of nitrogens with one attached hydrogen (secondary N) is 1. The van der Waals surface area contributed by atoms with Crippen molar-refractivity contribution < 1.29 is 14.3 Å². The molecule has 142 valence electrons. The van der Waals surface area contributed by atoms with Gasteiger partial charge in [0.1, 0.15) is 5.75 Å². The fourth-order valence-corrected chi connectivity index (χ4v) is 3.37. The van der Waals surface area contributed by atoms with Gasteiger partial charge in [-0.2, -0.15) is 0 Å². The van der Waals surface area contributed by atoms with Gasteiger partial charge in [0.25, 0.3) is 5.91 Å². The van der Waals surface area contributed by atoms with Crippen LogP contribution in [0.4, 0.5) is 5.69 Å². The van der Waals surface area contributed by atoms with Crippen molar-refractivity contribution in [2.45, 2.75) is 4.90 Å². The van der Waals surface area contributed by atoms with Gasteiger partial charge in [0.05, 0.1) is 5.75 Å². The molecule has 0 aliphatic carbocycles. The minimum absolute atomic E-state index is 0.0207. The molecule has 28 heavy (non-hydrogen) atoms. The zero-order valence-electron chi connectivity index (χ0n) is 14.9. The predicted molar refractivity (Wildman–Crippen MR) is 114 cm³/mol. The second kappa shape index (κ2) is 9.97. The van der Waals surface area contributed by atoms with Gasteiger partial charge in [-0.3, -0.25) is 9.59 Å². The number of hydrogen-bond acceptors (Lipinski definition) is 4. The van der Waals surface area contributed by atoms with Crippen LogP contribution in [0.3, 0.4) is 0 Å². The number of rotatable bonds is 8. The number of ether oxygens (including phenoxy) is 1. The first kappa shape index (κ1) is 20.0. The molecule has 0 saturated carbocycles. The van der Waals surface area contributed by atoms with E-state index in [1.165, 1.54) is 11.8 Å². The molecule has 1 N–H and O–H groups in total. The van der Waals surface area contributed by atoms with Gasteiger partial charge < -0.3 is 10.1 Å². The molecule has 1 amide bonds. The summed E-state index contributed by atoms with van der Waals surface area (Å²) in [7, 11) is 0. The average Bonchev–Trinajstić information content (AvgIpc) is 2.72. The fraction of sp³-hybridized carbons (Fsp3) is 0.0909. The number of amides is 1. The third kappa shape index (κ3) is 6.15. The number of Topliss-reactive ketones (excluding diaryl/α,β-unsaturated/α-hetero) is 1. The summed E-state index contributed by atoms with van der Waals surface area (Å²) in [5.74, 6) is 0.717. The second-order valence-electron chi connectivity index (χ2n) is 5.90. The van der Waals surface area contributed by atoms with E-state index < -0.39 is 0 Å². The van der Waals surface area contributed by atoms with Gasteiger partial charge in [-0.25, -0.2) is 0 Å². The van der Waals surface area contributed by atoms with E-state index in [-0.39, 0.29) is 18.3 Å². The molecular weight excluding hydrogens is 394 g/mol. The standard InChI is InChI=1S/C22H18ClNO3S/c23-17-11-9-16(10-12-17)21(25)15-28-20-8-4-5-18(13-20)24-22(26)14-27-19-6-2-1-3-7-19/h1-13H,14-15H2,(H,24,26). The van der Waals surface area contributed by atoms with E-state index in [0.717, 1.165) is 4.90 Å². The van der Waals surface area contributed by atoms with Crippen molar-refractivity contribution in [3.05, 3.63) is 89.4 Å². The summed E-state index contributed by atoms with van der Waals surface area (Å²) in [6, 6.07) is 23.4. The molecule has 0 aliphatic heterocycles. The summed E-state index contributed by atoms with van der Waals surface area (Å²) in [6.45, 7) is -0.0730. The molecule has 0 bridgehead atoms. The summed E-state index contributed by atoms with van der Waals surface area (Å²) in [6.07, 6.45) is 0. The summed E-state index contributed by atoms with van der Waals surface area (Å²) < 4.78 is 5.44. The molecule has 0 aliphatic rings. The number of thioether (sulfide) groups is 1. The molecule has 0 saturated heterocycles. The van der Waals surface area contributed by atoms with Crippen LogP contribution in [-0.2, 0) is 4.79 Å². The topological polar surface area (TPSA) is 55.4 Å². The summed E-state index contributed by atoms with van der Waals surface area (Å²) in [5, 5.41) is 3.40. The van der Waals surface area contributed by atoms with E-state index in [4.69, 9.17) is 16.3 Å². The Hall–Kier alpha value is -2.76. The highest BCUT2D eigenvalue weighted by Gasteiger charge is 2.08. The number of benzene rings is 3. The molecule has 0 radical (unpaired) electrons. The Morgan fingerprint density at radius 3 is 2.43 bits per heavy atom. The zero-order valence-corrected chi connectivity index (χ0v) is 16.5. The van der Waals surface area contributed by atoms with E-state index in [0.29, 0.717) is 27.8 Å². The molecule has 0 unspecified atom stereocenters. The second-order valence-corrected chi connectivity index (χ2v) is 7.38. The van der Waals surface area contributed by atoms with Crippen molar-refractivity contribution in [1.29, 1.82) is 0 Å². The number of hydrogen-bond donors (Lipinski definition) is 1. The van der Waals surface area contributed by atoms with Crippen LogP contribution in [0.1, 0.15) is 10.4 Å². The van der Waals surface area contributed by atoms with Crippen molar-refractivity contribution in [2.75, 3.05) is 17.7 Å². The summed E-state index contributed by atoms with van der Waals surface area (Å²) >= 11 is 7.26. The number of anilines is 1. The normalized spacial score (nSPS) is 10.3. The van der Waals surface area contributed by atoms with E-state index in [9.17, 15) is 9.59 Å². The van der Waals surface area contributed by atoms with Crippen LogP contribution in [-0.4, -0.2) is 24.1 Å². The van der Waals surface area contributed by atoms with Crippen molar-refractivity contribution in [2.24, 2.45) is 0 Å². The molecule has 3 aromatic rings. The fourth-order valence-electron chi connectivity index (χ4n) is 2.39. The number of para-hydroxylation sites is 1. The van der Waals surface area contributed by atoms with Gasteiger partial charge >= 0.3 is 0 Å². The zero-order chi connectivity index (χ0) is 19.8. The lowest BCUT2D eigenvalue weighted by molar-refractivity contribution is -0.118. The maximum Gasteiger partial charge on any atom is 0.262 e. The highest BCUT2D eigenvalue weighted by Crippen LogP contribution is 2.23. The maximum atomic E-state index is 12.3. The number of ketones is 1. The SMILES string of the molecule is O=C(COc1ccccc1)Nc1cccc(SCC(=O)c2ccc(Cl)cc2)c1. The Balaban J connectivity index is 1.51. The van der Waals surface area contributed by atoms with Crippen LogP contribution < -0.4 is 10.1 Å². The summed E-state index contributed by atoms with van der Waals surface area (Å²) in [5.41, 5.74) is 1.28. The molecular formula is C22H18ClNO3S. The molecule has 3 rings (SSSR count). The smallest absolute Gasteiger partial charge is 0.262 e. The average molecular weight is 412 g/mol. The van der Waals surface area contributed by atoms with Crippen LogP contribution >= 0.6 is 23.4 Å². The van der Waals surface area contributed by atoms with Crippen molar-refractivity contribution in [1.82, 2.24) is 0 Å². The molecule has 4 nitrogen and oxygen atoms in total. The van der Waals surface area contributed by atoms with Crippen LogP contribution in [0, 0.1) is 0 Å². The first-order chi connectivity index (χ1) is 13.6. The van der Waals surface area contributed by atoms with Gasteiger partial charge in [0, 0.05) is 21.2 Å². The maximum absolute atomic E-state index is 12.3. The highest BCUT2D eigenvalue weighted by molar-refractivity contribution is 8.00. The largest absolute Gasteiger partial charge is 0.484 e. The van der Waals surface area contributed by atoms with Gasteiger partial charge in [-0.15, -0.1) is 11.8 Å². The Kier molecular flexibility index (Phi) is 7.12. The lowest BCUT2D eigenvalue weighted by atomic mass is 10.1. The van der Waals surface area contributed by atoms with Gasteiger partial charge in [0.2, 0.25) is 0 Å². The van der Waals surface area contributed by atoms with E-state index in [1.54, 1.807) is 42.5 Å². The Labute approximate surface area is 172 Å². The monoisotopic (exact) mass is 411 g/mol. The molecule has 6 heteroatoms. The number of halogens is 1. The van der Waals surface area contributed by atoms with Gasteiger partial charge in [0.15, 0.2) is 12.4 Å². The Morgan fingerprint density at radius 2 is 1.68 bits per heavy atom. The van der Waals surface area contributed by atoms with Crippen molar-refractivity contribution in [3.63, 3.8) is 0 Å². The van der Waals surface area contributed by atoms with Crippen LogP contribution in [0.5, 0.6) is 5.75 Å². The molecule has 0 aromatic heterocycles. The minimum Gasteiger partial charge on any atom is -0.484 e. The molecule has 0 atom stereocenters. The number of carbonyl (C=O) groups is 2.